The fourth-order valence-electron chi connectivity index (χ4n) is 2.54. The van der Waals surface area contributed by atoms with Crippen LogP contribution in [0.4, 0.5) is 12.3 Å². The molecule has 0 rings (SSSR count). The van der Waals surface area contributed by atoms with Gasteiger partial charge in [0.2, 0.25) is 0 Å². The van der Waals surface area contributed by atoms with Crippen molar-refractivity contribution in [1.29, 1.82) is 0 Å². The normalized spacial score (nSPS) is 11.8. The zero-order valence-electron chi connectivity index (χ0n) is 14.9. The quantitative estimate of drug-likeness (QED) is 0.117. The third kappa shape index (κ3) is 21.7. The van der Waals surface area contributed by atoms with Crippen LogP contribution in [0.2, 0.25) is 6.04 Å². The van der Waals surface area contributed by atoms with E-state index in [1.54, 1.807) is 0 Å². The van der Waals surface area contributed by atoms with Gasteiger partial charge in [0, 0.05) is 12.7 Å². The SMILES string of the molecule is C=C(C)COCCCCCCCCCCCCCC[Si](F)(F)F. The lowest BCUT2D eigenvalue weighted by molar-refractivity contribution is 0.151. The van der Waals surface area contributed by atoms with Crippen molar-refractivity contribution in [2.45, 2.75) is 90.0 Å². The van der Waals surface area contributed by atoms with Gasteiger partial charge in [-0.15, -0.1) is 0 Å². The summed E-state index contributed by atoms with van der Waals surface area (Å²) < 4.78 is 41.7. The number of unbranched alkanes of at least 4 members (excludes halogenated alkanes) is 11. The highest BCUT2D eigenvalue weighted by Gasteiger charge is 2.35. The zero-order valence-corrected chi connectivity index (χ0v) is 15.9. The molecule has 5 heteroatoms. The summed E-state index contributed by atoms with van der Waals surface area (Å²) in [4.78, 5) is 0. The predicted octanol–water partition coefficient (Wildman–Crippen LogP) is 7.11. The van der Waals surface area contributed by atoms with Crippen LogP contribution in [0.25, 0.3) is 0 Å². The molecular formula is C18H35F3OSi. The van der Waals surface area contributed by atoms with Crippen molar-refractivity contribution >= 4 is 9.08 Å². The van der Waals surface area contributed by atoms with Gasteiger partial charge in [-0.2, -0.15) is 0 Å². The van der Waals surface area contributed by atoms with E-state index in [1.807, 2.05) is 6.92 Å². The Morgan fingerprint density at radius 2 is 1.13 bits per heavy atom. The van der Waals surface area contributed by atoms with Crippen LogP contribution in [-0.4, -0.2) is 22.3 Å². The van der Waals surface area contributed by atoms with Gasteiger partial charge in [0.15, 0.2) is 0 Å². The van der Waals surface area contributed by atoms with Gasteiger partial charge in [0.1, 0.15) is 0 Å². The molecule has 0 atom stereocenters. The first-order chi connectivity index (χ1) is 10.9. The van der Waals surface area contributed by atoms with Crippen molar-refractivity contribution in [3.8, 4) is 0 Å². The molecule has 0 aliphatic carbocycles. The molecule has 0 amide bonds. The lowest BCUT2D eigenvalue weighted by Crippen LogP contribution is -2.13. The second kappa shape index (κ2) is 15.2. The van der Waals surface area contributed by atoms with E-state index in [0.29, 0.717) is 13.0 Å². The van der Waals surface area contributed by atoms with Gasteiger partial charge < -0.3 is 4.74 Å². The minimum atomic E-state index is -5.28. The van der Waals surface area contributed by atoms with Crippen LogP contribution in [0.15, 0.2) is 12.2 Å². The third-order valence-electron chi connectivity index (χ3n) is 3.85. The minimum absolute atomic E-state index is 0.353. The molecule has 0 aromatic carbocycles. The molecule has 0 aromatic rings. The van der Waals surface area contributed by atoms with Crippen LogP contribution in [0, 0.1) is 0 Å². The van der Waals surface area contributed by atoms with Gasteiger partial charge in [-0.05, 0) is 19.8 Å². The second-order valence-electron chi connectivity index (χ2n) is 6.62. The summed E-state index contributed by atoms with van der Waals surface area (Å²) in [6.45, 7) is 7.29. The molecule has 0 bridgehead atoms. The zero-order chi connectivity index (χ0) is 17.4. The Morgan fingerprint density at radius 3 is 1.52 bits per heavy atom. The maximum atomic E-state index is 12.1. The van der Waals surface area contributed by atoms with Crippen LogP contribution in [0.5, 0.6) is 0 Å². The Kier molecular flexibility index (Phi) is 15.1. The van der Waals surface area contributed by atoms with Crippen LogP contribution in [-0.2, 0) is 4.74 Å². The smallest absolute Gasteiger partial charge is 0.377 e. The van der Waals surface area contributed by atoms with Crippen molar-refractivity contribution in [3.63, 3.8) is 0 Å². The van der Waals surface area contributed by atoms with Gasteiger partial charge in [-0.1, -0.05) is 76.4 Å². The highest BCUT2D eigenvalue weighted by Crippen LogP contribution is 2.19. The summed E-state index contributed by atoms with van der Waals surface area (Å²) in [5.41, 5.74) is 1.08. The van der Waals surface area contributed by atoms with E-state index in [2.05, 4.69) is 6.58 Å². The van der Waals surface area contributed by atoms with Gasteiger partial charge >= 0.3 is 9.08 Å². The van der Waals surface area contributed by atoms with Gasteiger partial charge in [-0.25, -0.2) is 12.3 Å². The maximum Gasteiger partial charge on any atom is 0.616 e. The summed E-state index contributed by atoms with van der Waals surface area (Å²) in [6, 6.07) is -0.481. The topological polar surface area (TPSA) is 9.23 Å². The highest BCUT2D eigenvalue weighted by atomic mass is 28.5. The molecule has 0 aliphatic rings. The molecule has 0 N–H and O–H groups in total. The monoisotopic (exact) mass is 352 g/mol. The molecule has 0 radical (unpaired) electrons. The van der Waals surface area contributed by atoms with Crippen molar-refractivity contribution < 1.29 is 17.1 Å². The average molecular weight is 353 g/mol. The third-order valence-corrected chi connectivity index (χ3v) is 4.77. The maximum absolute atomic E-state index is 12.1. The van der Waals surface area contributed by atoms with E-state index in [9.17, 15) is 12.3 Å². The van der Waals surface area contributed by atoms with Crippen LogP contribution in [0.1, 0.15) is 84.0 Å². The molecular weight excluding hydrogens is 317 g/mol. The lowest BCUT2D eigenvalue weighted by Gasteiger charge is -2.05. The first-order valence-corrected chi connectivity index (χ1v) is 11.0. The van der Waals surface area contributed by atoms with Gasteiger partial charge in [0.05, 0.1) is 6.61 Å². The van der Waals surface area contributed by atoms with Crippen molar-refractivity contribution in [3.05, 3.63) is 12.2 Å². The van der Waals surface area contributed by atoms with E-state index in [1.165, 1.54) is 44.9 Å². The van der Waals surface area contributed by atoms with Crippen LogP contribution >= 0.6 is 0 Å². The fraction of sp³-hybridized carbons (Fsp3) is 0.889. The minimum Gasteiger partial charge on any atom is -0.377 e. The van der Waals surface area contributed by atoms with Crippen molar-refractivity contribution in [1.82, 2.24) is 0 Å². The van der Waals surface area contributed by atoms with Gasteiger partial charge in [0.25, 0.3) is 0 Å². The lowest BCUT2D eigenvalue weighted by atomic mass is 10.1. The van der Waals surface area contributed by atoms with Crippen molar-refractivity contribution in [2.75, 3.05) is 13.2 Å². The van der Waals surface area contributed by atoms with Crippen LogP contribution < -0.4 is 0 Å². The summed E-state index contributed by atoms with van der Waals surface area (Å²) >= 11 is 0. The predicted molar refractivity (Wildman–Crippen MR) is 94.9 cm³/mol. The molecule has 0 spiro atoms. The molecule has 0 aliphatic heterocycles. The van der Waals surface area contributed by atoms with E-state index >= 15 is 0 Å². The first kappa shape index (κ1) is 22.7. The fourth-order valence-corrected chi connectivity index (χ4v) is 3.19. The first-order valence-electron chi connectivity index (χ1n) is 9.20. The van der Waals surface area contributed by atoms with E-state index in [4.69, 9.17) is 4.74 Å². The van der Waals surface area contributed by atoms with Crippen LogP contribution in [0.3, 0.4) is 0 Å². The second-order valence-corrected chi connectivity index (χ2v) is 8.35. The molecule has 0 aromatic heterocycles. The van der Waals surface area contributed by atoms with E-state index in [0.717, 1.165) is 37.9 Å². The summed E-state index contributed by atoms with van der Waals surface area (Å²) in [5, 5.41) is 0. The summed E-state index contributed by atoms with van der Waals surface area (Å²) in [7, 11) is -5.28. The Hall–Kier alpha value is -0.293. The standard InChI is InChI=1S/C18H35F3OSi/c1-18(2)17-22-15-13-11-9-7-5-3-4-6-8-10-12-14-16-23(19,20)21/h1,3-17H2,2H3. The Balaban J connectivity index is 3.04. The van der Waals surface area contributed by atoms with Gasteiger partial charge in [-0.3, -0.25) is 0 Å². The summed E-state index contributed by atoms with van der Waals surface area (Å²) in [5.74, 6) is 0. The Bertz CT molecular complexity index is 280. The molecule has 0 unspecified atom stereocenters. The number of halogens is 3. The summed E-state index contributed by atoms with van der Waals surface area (Å²) in [6.07, 6.45) is 13.1. The number of rotatable bonds is 17. The average Bonchev–Trinajstić information content (AvgIpc) is 2.45. The molecule has 0 saturated carbocycles. The Morgan fingerprint density at radius 1 is 0.739 bits per heavy atom. The number of ether oxygens (including phenoxy) is 1. The van der Waals surface area contributed by atoms with Crippen molar-refractivity contribution in [2.24, 2.45) is 0 Å². The largest absolute Gasteiger partial charge is 0.616 e. The molecule has 23 heavy (non-hydrogen) atoms. The molecule has 138 valence electrons. The number of hydrogen-bond donors (Lipinski definition) is 0. The molecule has 0 fully saturated rings. The van der Waals surface area contributed by atoms with E-state index in [-0.39, 0.29) is 0 Å². The highest BCUT2D eigenvalue weighted by molar-refractivity contribution is 6.58. The molecule has 0 saturated heterocycles. The Labute approximate surface area is 142 Å². The number of hydrogen-bond acceptors (Lipinski definition) is 1. The molecule has 1 nitrogen and oxygen atoms in total. The molecule has 0 heterocycles. The van der Waals surface area contributed by atoms with E-state index < -0.39 is 15.1 Å².